The minimum Gasteiger partial charge on any atom is -0.334 e. The number of aryl methyl sites for hydroxylation is 1. The molecule has 0 spiro atoms. The molecular weight excluding hydrogens is 356 g/mol. The fourth-order valence-corrected chi connectivity index (χ4v) is 4.38. The van der Waals surface area contributed by atoms with Crippen molar-refractivity contribution in [2.75, 3.05) is 7.05 Å². The Morgan fingerprint density at radius 3 is 2.56 bits per heavy atom. The van der Waals surface area contributed by atoms with Crippen LogP contribution in [0, 0.1) is 6.92 Å². The molecule has 0 unspecified atom stereocenters. The lowest BCUT2D eigenvalue weighted by molar-refractivity contribution is 0.0747. The smallest absolute Gasteiger partial charge is 0.264 e. The number of aromatic nitrogens is 3. The topological polar surface area (TPSA) is 51.0 Å². The number of carbonyl (C=O) groups is 1. The van der Waals surface area contributed by atoms with Crippen LogP contribution in [-0.2, 0) is 0 Å². The molecule has 0 N–H and O–H groups in total. The minimum atomic E-state index is -0.0353. The van der Waals surface area contributed by atoms with Crippen molar-refractivity contribution in [3.63, 3.8) is 0 Å². The fraction of sp³-hybridized carbons (Fsp3) is 0.190. The van der Waals surface area contributed by atoms with Gasteiger partial charge in [-0.15, -0.1) is 11.3 Å². The highest BCUT2D eigenvalue weighted by molar-refractivity contribution is 7.21. The van der Waals surface area contributed by atoms with Crippen LogP contribution >= 0.6 is 11.3 Å². The van der Waals surface area contributed by atoms with Crippen molar-refractivity contribution in [2.24, 2.45) is 0 Å². The van der Waals surface area contributed by atoms with Gasteiger partial charge in [0.15, 0.2) is 0 Å². The van der Waals surface area contributed by atoms with Gasteiger partial charge in [-0.1, -0.05) is 30.3 Å². The third-order valence-electron chi connectivity index (χ3n) is 5.00. The number of amides is 1. The molecule has 27 heavy (non-hydrogen) atoms. The summed E-state index contributed by atoms with van der Waals surface area (Å²) >= 11 is 1.56. The van der Waals surface area contributed by atoms with Crippen molar-refractivity contribution in [1.29, 1.82) is 0 Å². The van der Waals surface area contributed by atoms with Gasteiger partial charge in [0.1, 0.15) is 12.7 Å². The maximum absolute atomic E-state index is 13.1. The van der Waals surface area contributed by atoms with E-state index in [0.717, 1.165) is 31.8 Å². The largest absolute Gasteiger partial charge is 0.334 e. The first kappa shape index (κ1) is 17.4. The second-order valence-electron chi connectivity index (χ2n) is 6.58. The van der Waals surface area contributed by atoms with E-state index in [0.29, 0.717) is 0 Å². The summed E-state index contributed by atoms with van der Waals surface area (Å²) in [5, 5.41) is 5.29. The van der Waals surface area contributed by atoms with Gasteiger partial charge in [0.25, 0.3) is 5.91 Å². The maximum atomic E-state index is 13.1. The first-order chi connectivity index (χ1) is 13.1. The van der Waals surface area contributed by atoms with Gasteiger partial charge < -0.3 is 4.90 Å². The van der Waals surface area contributed by atoms with Gasteiger partial charge in [-0.25, -0.2) is 9.67 Å². The molecule has 0 aliphatic heterocycles. The van der Waals surface area contributed by atoms with E-state index in [9.17, 15) is 4.79 Å². The second-order valence-corrected chi connectivity index (χ2v) is 7.63. The number of carbonyl (C=O) groups excluding carboxylic acids is 1. The molecule has 1 atom stereocenters. The third-order valence-corrected chi connectivity index (χ3v) is 6.26. The van der Waals surface area contributed by atoms with Gasteiger partial charge in [0.05, 0.1) is 16.6 Å². The molecule has 0 saturated carbocycles. The van der Waals surface area contributed by atoms with E-state index in [1.165, 1.54) is 6.33 Å². The summed E-state index contributed by atoms with van der Waals surface area (Å²) in [5.74, 6) is 0.0570. The van der Waals surface area contributed by atoms with Gasteiger partial charge in [-0.05, 0) is 48.6 Å². The molecule has 136 valence electrons. The van der Waals surface area contributed by atoms with E-state index in [1.54, 1.807) is 22.3 Å². The van der Waals surface area contributed by atoms with E-state index in [1.807, 2.05) is 62.2 Å². The number of thiophene rings is 1. The maximum Gasteiger partial charge on any atom is 0.264 e. The zero-order valence-corrected chi connectivity index (χ0v) is 16.3. The molecular formula is C21H20N4OS. The van der Waals surface area contributed by atoms with E-state index >= 15 is 0 Å². The van der Waals surface area contributed by atoms with Crippen LogP contribution in [0.15, 0.2) is 61.2 Å². The molecule has 6 heteroatoms. The van der Waals surface area contributed by atoms with E-state index in [2.05, 4.69) is 22.2 Å². The first-order valence-corrected chi connectivity index (χ1v) is 9.58. The Morgan fingerprint density at radius 2 is 1.89 bits per heavy atom. The van der Waals surface area contributed by atoms with Crippen LogP contribution < -0.4 is 0 Å². The fourth-order valence-electron chi connectivity index (χ4n) is 3.19. The van der Waals surface area contributed by atoms with Gasteiger partial charge in [0, 0.05) is 11.7 Å². The van der Waals surface area contributed by atoms with E-state index < -0.39 is 0 Å². The van der Waals surface area contributed by atoms with Crippen molar-refractivity contribution >= 4 is 27.3 Å². The lowest BCUT2D eigenvalue weighted by Gasteiger charge is -2.25. The minimum absolute atomic E-state index is 0.0353. The Morgan fingerprint density at radius 1 is 1.15 bits per heavy atom. The number of fused-ring (bicyclic) bond motifs is 1. The molecule has 0 radical (unpaired) electrons. The Kier molecular flexibility index (Phi) is 4.49. The van der Waals surface area contributed by atoms with Crippen molar-refractivity contribution < 1.29 is 4.79 Å². The molecule has 0 bridgehead atoms. The highest BCUT2D eigenvalue weighted by Gasteiger charge is 2.23. The summed E-state index contributed by atoms with van der Waals surface area (Å²) in [6, 6.07) is 16.2. The van der Waals surface area contributed by atoms with Crippen LogP contribution in [0.4, 0.5) is 0 Å². The van der Waals surface area contributed by atoms with E-state index in [-0.39, 0.29) is 11.9 Å². The summed E-state index contributed by atoms with van der Waals surface area (Å²) in [6.45, 7) is 4.07. The van der Waals surface area contributed by atoms with E-state index in [4.69, 9.17) is 0 Å². The monoisotopic (exact) mass is 376 g/mol. The zero-order chi connectivity index (χ0) is 19.0. The second kappa shape index (κ2) is 6.96. The van der Waals surface area contributed by atoms with Crippen molar-refractivity contribution in [3.8, 4) is 5.69 Å². The van der Waals surface area contributed by atoms with Gasteiger partial charge >= 0.3 is 0 Å². The molecule has 4 aromatic rings. The van der Waals surface area contributed by atoms with Gasteiger partial charge in [-0.2, -0.15) is 5.10 Å². The summed E-state index contributed by atoms with van der Waals surface area (Å²) in [5.41, 5.74) is 3.08. The SMILES string of the molecule is Cc1c(C(=O)N(C)[C@H](C)c2ccc(-n3cncn3)cc2)sc2ccccc12. The molecule has 0 aliphatic carbocycles. The first-order valence-electron chi connectivity index (χ1n) is 8.76. The molecule has 0 fully saturated rings. The molecule has 2 aromatic carbocycles. The normalized spacial score (nSPS) is 12.3. The molecule has 2 aromatic heterocycles. The lowest BCUT2D eigenvalue weighted by Crippen LogP contribution is -2.29. The summed E-state index contributed by atoms with van der Waals surface area (Å²) < 4.78 is 2.86. The molecule has 0 aliphatic rings. The lowest BCUT2D eigenvalue weighted by atomic mass is 10.1. The Bertz CT molecular complexity index is 1080. The average Bonchev–Trinajstić information content (AvgIpc) is 3.35. The van der Waals surface area contributed by atoms with Crippen LogP contribution in [0.5, 0.6) is 0 Å². The molecule has 2 heterocycles. The number of nitrogens with zero attached hydrogens (tertiary/aromatic N) is 4. The molecule has 0 saturated heterocycles. The number of benzene rings is 2. The molecule has 4 rings (SSSR count). The third kappa shape index (κ3) is 3.13. The van der Waals surface area contributed by atoms with Crippen LogP contribution in [0.2, 0.25) is 0 Å². The number of rotatable bonds is 4. The highest BCUT2D eigenvalue weighted by Crippen LogP contribution is 2.33. The molecule has 5 nitrogen and oxygen atoms in total. The summed E-state index contributed by atoms with van der Waals surface area (Å²) in [7, 11) is 1.86. The van der Waals surface area contributed by atoms with Crippen LogP contribution in [0.3, 0.4) is 0 Å². The van der Waals surface area contributed by atoms with Crippen LogP contribution in [0.25, 0.3) is 15.8 Å². The number of hydrogen-bond acceptors (Lipinski definition) is 4. The molecule has 1 amide bonds. The van der Waals surface area contributed by atoms with Gasteiger partial charge in [0.2, 0.25) is 0 Å². The Hall–Kier alpha value is -2.99. The predicted octanol–water partition coefficient (Wildman–Crippen LogP) is 4.62. The van der Waals surface area contributed by atoms with Crippen LogP contribution in [-0.4, -0.2) is 32.6 Å². The Balaban J connectivity index is 1.58. The number of hydrogen-bond donors (Lipinski definition) is 0. The highest BCUT2D eigenvalue weighted by atomic mass is 32.1. The van der Waals surface area contributed by atoms with Crippen LogP contribution in [0.1, 0.15) is 33.8 Å². The van der Waals surface area contributed by atoms with Gasteiger partial charge in [-0.3, -0.25) is 4.79 Å². The Labute approximate surface area is 161 Å². The summed E-state index contributed by atoms with van der Waals surface area (Å²) in [6.07, 6.45) is 3.18. The zero-order valence-electron chi connectivity index (χ0n) is 15.5. The van der Waals surface area contributed by atoms with Crippen molar-refractivity contribution in [1.82, 2.24) is 19.7 Å². The average molecular weight is 376 g/mol. The van der Waals surface area contributed by atoms with Crippen molar-refractivity contribution in [2.45, 2.75) is 19.9 Å². The predicted molar refractivity (Wildman–Crippen MR) is 108 cm³/mol. The summed E-state index contributed by atoms with van der Waals surface area (Å²) in [4.78, 5) is 19.7. The quantitative estimate of drug-likeness (QED) is 0.522. The standard InChI is InChI=1S/C21H20N4OS/c1-14-18-6-4-5-7-19(18)27-20(14)21(26)24(3)15(2)16-8-10-17(11-9-16)25-13-22-12-23-25/h4-13,15H,1-3H3/t15-/m1/s1. The van der Waals surface area contributed by atoms with Crippen molar-refractivity contribution in [3.05, 3.63) is 77.2 Å².